The number of benzene rings is 2. The van der Waals surface area contributed by atoms with E-state index in [4.69, 9.17) is 9.47 Å². The molecule has 0 aliphatic heterocycles. The van der Waals surface area contributed by atoms with Crippen LogP contribution in [0.5, 0.6) is 11.5 Å². The minimum Gasteiger partial charge on any atom is -0.490 e. The van der Waals surface area contributed by atoms with E-state index in [9.17, 15) is 4.79 Å². The van der Waals surface area contributed by atoms with Crippen LogP contribution in [-0.2, 0) is 6.61 Å². The monoisotopic (exact) mass is 284 g/mol. The molecule has 0 aromatic heterocycles. The first-order chi connectivity index (χ1) is 10.3. The molecule has 0 N–H and O–H groups in total. The van der Waals surface area contributed by atoms with Crippen LogP contribution in [0.1, 0.15) is 35.7 Å². The summed E-state index contributed by atoms with van der Waals surface area (Å²) in [4.78, 5) is 10.9. The molecule has 0 fully saturated rings. The van der Waals surface area contributed by atoms with E-state index in [1.807, 2.05) is 30.3 Å². The Bertz CT molecular complexity index is 564. The molecule has 0 heterocycles. The summed E-state index contributed by atoms with van der Waals surface area (Å²) in [5, 5.41) is 0. The molecule has 0 bridgehead atoms. The summed E-state index contributed by atoms with van der Waals surface area (Å²) in [6.45, 7) is 3.21. The van der Waals surface area contributed by atoms with Crippen molar-refractivity contribution in [3.8, 4) is 11.5 Å². The van der Waals surface area contributed by atoms with Gasteiger partial charge in [0.1, 0.15) is 12.9 Å². The summed E-state index contributed by atoms with van der Waals surface area (Å²) in [5.74, 6) is 1.30. The van der Waals surface area contributed by atoms with Gasteiger partial charge in [0.05, 0.1) is 6.61 Å². The highest BCUT2D eigenvalue weighted by atomic mass is 16.5. The SMILES string of the molecule is CCCCOc1cc(C=O)ccc1OCc1ccccc1. The van der Waals surface area contributed by atoms with E-state index in [0.29, 0.717) is 30.3 Å². The average Bonchev–Trinajstić information content (AvgIpc) is 2.54. The first-order valence-electron chi connectivity index (χ1n) is 7.22. The minimum atomic E-state index is 0.478. The van der Waals surface area contributed by atoms with E-state index in [1.54, 1.807) is 18.2 Å². The number of carbonyl (C=O) groups excluding carboxylic acids is 1. The maximum Gasteiger partial charge on any atom is 0.161 e. The van der Waals surface area contributed by atoms with Gasteiger partial charge in [-0.05, 0) is 30.2 Å². The first kappa shape index (κ1) is 15.1. The number of hydrogen-bond donors (Lipinski definition) is 0. The molecule has 0 amide bonds. The summed E-state index contributed by atoms with van der Waals surface area (Å²) in [6.07, 6.45) is 2.85. The molecule has 0 spiro atoms. The van der Waals surface area contributed by atoms with Gasteiger partial charge < -0.3 is 9.47 Å². The normalized spacial score (nSPS) is 10.1. The predicted octanol–water partition coefficient (Wildman–Crippen LogP) is 4.26. The van der Waals surface area contributed by atoms with Crippen molar-refractivity contribution in [1.29, 1.82) is 0 Å². The lowest BCUT2D eigenvalue weighted by atomic mass is 10.2. The van der Waals surface area contributed by atoms with Crippen molar-refractivity contribution in [2.75, 3.05) is 6.61 Å². The average molecular weight is 284 g/mol. The van der Waals surface area contributed by atoms with E-state index in [0.717, 1.165) is 24.7 Å². The highest BCUT2D eigenvalue weighted by Crippen LogP contribution is 2.29. The number of unbranched alkanes of at least 4 members (excludes halogenated alkanes) is 1. The standard InChI is InChI=1S/C18H20O3/c1-2-3-11-20-18-12-16(13-19)9-10-17(18)21-14-15-7-5-4-6-8-15/h4-10,12-13H,2-3,11,14H2,1H3. The Hall–Kier alpha value is -2.29. The van der Waals surface area contributed by atoms with Crippen molar-refractivity contribution in [2.24, 2.45) is 0 Å². The lowest BCUT2D eigenvalue weighted by Crippen LogP contribution is -2.02. The number of rotatable bonds is 8. The molecule has 2 aromatic rings. The van der Waals surface area contributed by atoms with Crippen LogP contribution in [0, 0.1) is 0 Å². The fraction of sp³-hybridized carbons (Fsp3) is 0.278. The van der Waals surface area contributed by atoms with Crippen molar-refractivity contribution in [3.05, 3.63) is 59.7 Å². The smallest absolute Gasteiger partial charge is 0.161 e. The van der Waals surface area contributed by atoms with Gasteiger partial charge in [0.2, 0.25) is 0 Å². The summed E-state index contributed by atoms with van der Waals surface area (Å²) in [5.41, 5.74) is 1.69. The third kappa shape index (κ3) is 4.63. The quantitative estimate of drug-likeness (QED) is 0.537. The zero-order chi connectivity index (χ0) is 14.9. The van der Waals surface area contributed by atoms with E-state index >= 15 is 0 Å². The van der Waals surface area contributed by atoms with E-state index in [2.05, 4.69) is 6.92 Å². The molecule has 0 saturated carbocycles. The largest absolute Gasteiger partial charge is 0.490 e. The van der Waals surface area contributed by atoms with Crippen molar-refractivity contribution in [2.45, 2.75) is 26.4 Å². The van der Waals surface area contributed by atoms with Crippen molar-refractivity contribution in [3.63, 3.8) is 0 Å². The molecule has 2 aromatic carbocycles. The maximum atomic E-state index is 10.9. The second kappa shape index (κ2) is 8.10. The van der Waals surface area contributed by atoms with Gasteiger partial charge in [-0.15, -0.1) is 0 Å². The van der Waals surface area contributed by atoms with Gasteiger partial charge in [0.15, 0.2) is 11.5 Å². The Morgan fingerprint density at radius 3 is 2.52 bits per heavy atom. The lowest BCUT2D eigenvalue weighted by Gasteiger charge is -2.13. The van der Waals surface area contributed by atoms with E-state index < -0.39 is 0 Å². The Morgan fingerprint density at radius 2 is 1.81 bits per heavy atom. The van der Waals surface area contributed by atoms with Crippen LogP contribution < -0.4 is 9.47 Å². The molecule has 0 atom stereocenters. The fourth-order valence-electron chi connectivity index (χ4n) is 1.89. The Morgan fingerprint density at radius 1 is 1.00 bits per heavy atom. The Balaban J connectivity index is 2.07. The van der Waals surface area contributed by atoms with Gasteiger partial charge in [-0.2, -0.15) is 0 Å². The van der Waals surface area contributed by atoms with Crippen LogP contribution in [0.2, 0.25) is 0 Å². The zero-order valence-corrected chi connectivity index (χ0v) is 12.2. The van der Waals surface area contributed by atoms with E-state index in [-0.39, 0.29) is 0 Å². The topological polar surface area (TPSA) is 35.5 Å². The predicted molar refractivity (Wildman–Crippen MR) is 83.0 cm³/mol. The summed E-state index contributed by atoms with van der Waals surface area (Å²) < 4.78 is 11.5. The molecule has 3 nitrogen and oxygen atoms in total. The molecular weight excluding hydrogens is 264 g/mol. The molecule has 0 aliphatic rings. The van der Waals surface area contributed by atoms with Gasteiger partial charge in [-0.1, -0.05) is 43.7 Å². The van der Waals surface area contributed by atoms with Gasteiger partial charge in [-0.25, -0.2) is 0 Å². The second-order valence-electron chi connectivity index (χ2n) is 4.80. The van der Waals surface area contributed by atoms with E-state index in [1.165, 1.54) is 0 Å². The number of carbonyl (C=O) groups is 1. The Labute approximate surface area is 125 Å². The molecule has 0 saturated heterocycles. The van der Waals surface area contributed by atoms with Crippen molar-refractivity contribution >= 4 is 6.29 Å². The first-order valence-corrected chi connectivity index (χ1v) is 7.22. The van der Waals surface area contributed by atoms with Crippen LogP contribution in [0.3, 0.4) is 0 Å². The highest BCUT2D eigenvalue weighted by molar-refractivity contribution is 5.76. The molecule has 0 radical (unpaired) electrons. The minimum absolute atomic E-state index is 0.478. The molecule has 3 heteroatoms. The zero-order valence-electron chi connectivity index (χ0n) is 12.2. The van der Waals surface area contributed by atoms with Crippen LogP contribution >= 0.6 is 0 Å². The van der Waals surface area contributed by atoms with Crippen LogP contribution in [0.25, 0.3) is 0 Å². The van der Waals surface area contributed by atoms with Crippen molar-refractivity contribution in [1.82, 2.24) is 0 Å². The van der Waals surface area contributed by atoms with Gasteiger partial charge in [0, 0.05) is 5.56 Å². The molecular formula is C18H20O3. The third-order valence-electron chi connectivity index (χ3n) is 3.10. The van der Waals surface area contributed by atoms with Crippen LogP contribution in [0.4, 0.5) is 0 Å². The number of aldehydes is 1. The van der Waals surface area contributed by atoms with Crippen molar-refractivity contribution < 1.29 is 14.3 Å². The Kier molecular flexibility index (Phi) is 5.83. The van der Waals surface area contributed by atoms with Gasteiger partial charge in [0.25, 0.3) is 0 Å². The fourth-order valence-corrected chi connectivity index (χ4v) is 1.89. The second-order valence-corrected chi connectivity index (χ2v) is 4.80. The molecule has 0 aliphatic carbocycles. The van der Waals surface area contributed by atoms with Gasteiger partial charge in [-0.3, -0.25) is 4.79 Å². The molecule has 110 valence electrons. The maximum absolute atomic E-state index is 10.9. The van der Waals surface area contributed by atoms with Gasteiger partial charge >= 0.3 is 0 Å². The summed E-state index contributed by atoms with van der Waals surface area (Å²) in [7, 11) is 0. The summed E-state index contributed by atoms with van der Waals surface area (Å²) >= 11 is 0. The van der Waals surface area contributed by atoms with Crippen LogP contribution in [-0.4, -0.2) is 12.9 Å². The van der Waals surface area contributed by atoms with Crippen LogP contribution in [0.15, 0.2) is 48.5 Å². The number of hydrogen-bond acceptors (Lipinski definition) is 3. The third-order valence-corrected chi connectivity index (χ3v) is 3.10. The summed E-state index contributed by atoms with van der Waals surface area (Å²) in [6, 6.07) is 15.2. The molecule has 21 heavy (non-hydrogen) atoms. The molecule has 0 unspecified atom stereocenters. The lowest BCUT2D eigenvalue weighted by molar-refractivity contribution is 0.112. The highest BCUT2D eigenvalue weighted by Gasteiger charge is 2.07. The number of ether oxygens (including phenoxy) is 2. The molecule has 2 rings (SSSR count).